The first-order valence-corrected chi connectivity index (χ1v) is 5.85. The Morgan fingerprint density at radius 3 is 2.47 bits per heavy atom. The third-order valence-corrected chi connectivity index (χ3v) is 2.95. The molecule has 0 aliphatic rings. The molecule has 0 saturated carbocycles. The van der Waals surface area contributed by atoms with Crippen molar-refractivity contribution >= 4 is 12.2 Å². The fourth-order valence-corrected chi connectivity index (χ4v) is 2.03. The van der Waals surface area contributed by atoms with Crippen LogP contribution in [0.2, 0.25) is 0 Å². The summed E-state index contributed by atoms with van der Waals surface area (Å²) in [7, 11) is 0. The topological polar surface area (TPSA) is 44.5 Å². The van der Waals surface area contributed by atoms with Crippen molar-refractivity contribution in [3.05, 3.63) is 46.5 Å². The Labute approximate surface area is 105 Å². The molecule has 1 aromatic carbocycles. The molecule has 0 aliphatic carbocycles. The van der Waals surface area contributed by atoms with Crippen molar-refractivity contribution in [1.82, 2.24) is 9.55 Å². The lowest BCUT2D eigenvalue weighted by Crippen LogP contribution is -2.01. The summed E-state index contributed by atoms with van der Waals surface area (Å²) < 4.78 is 2.68. The molecule has 86 valence electrons. The number of nitriles is 1. The van der Waals surface area contributed by atoms with Crippen LogP contribution in [0.3, 0.4) is 0 Å². The number of aromatic nitrogens is 2. The number of nitrogens with one attached hydrogen (secondary N) is 1. The minimum absolute atomic E-state index is 0.388. The monoisotopic (exact) mass is 243 g/mol. The Bertz CT molecular complexity index is 611. The highest BCUT2D eigenvalue weighted by Gasteiger charge is 2.09. The van der Waals surface area contributed by atoms with Gasteiger partial charge in [-0.25, -0.2) is 0 Å². The Kier molecular flexibility index (Phi) is 3.12. The summed E-state index contributed by atoms with van der Waals surface area (Å²) in [5.74, 6) is 0.388. The van der Waals surface area contributed by atoms with Crippen LogP contribution in [0.25, 0.3) is 5.69 Å². The molecule has 2 rings (SSSR count). The molecule has 0 bridgehead atoms. The second kappa shape index (κ2) is 4.56. The molecule has 1 N–H and O–H groups in total. The Hall–Kier alpha value is -1.86. The van der Waals surface area contributed by atoms with Gasteiger partial charge in [0.15, 0.2) is 4.77 Å². The van der Waals surface area contributed by atoms with Crippen molar-refractivity contribution in [3.63, 3.8) is 0 Å². The zero-order chi connectivity index (χ0) is 12.4. The second-order valence-corrected chi connectivity index (χ2v) is 4.55. The molecule has 17 heavy (non-hydrogen) atoms. The van der Waals surface area contributed by atoms with Crippen molar-refractivity contribution < 1.29 is 0 Å². The average Bonchev–Trinajstić information content (AvgIpc) is 2.71. The largest absolute Gasteiger partial charge is 0.337 e. The van der Waals surface area contributed by atoms with Crippen LogP contribution in [0.1, 0.15) is 31.0 Å². The number of H-pyrrole nitrogens is 1. The molecule has 0 unspecified atom stereocenters. The van der Waals surface area contributed by atoms with Crippen LogP contribution in [-0.2, 0) is 0 Å². The summed E-state index contributed by atoms with van der Waals surface area (Å²) in [4.78, 5) is 3.06. The van der Waals surface area contributed by atoms with Gasteiger partial charge in [-0.2, -0.15) is 5.26 Å². The van der Waals surface area contributed by atoms with Gasteiger partial charge >= 0.3 is 0 Å². The highest BCUT2D eigenvalue weighted by atomic mass is 32.1. The molecule has 0 atom stereocenters. The van der Waals surface area contributed by atoms with Gasteiger partial charge in [-0.3, -0.25) is 4.57 Å². The Morgan fingerprint density at radius 2 is 1.94 bits per heavy atom. The highest BCUT2D eigenvalue weighted by molar-refractivity contribution is 7.71. The molecule has 0 aliphatic heterocycles. The maximum absolute atomic E-state index is 8.77. The Morgan fingerprint density at radius 1 is 1.29 bits per heavy atom. The number of nitrogens with zero attached hydrogens (tertiary/aromatic N) is 2. The number of benzene rings is 1. The van der Waals surface area contributed by atoms with E-state index in [4.69, 9.17) is 17.5 Å². The van der Waals surface area contributed by atoms with Gasteiger partial charge in [-0.15, -0.1) is 0 Å². The average molecular weight is 243 g/mol. The number of aromatic amines is 1. The highest BCUT2D eigenvalue weighted by Crippen LogP contribution is 2.20. The fourth-order valence-electron chi connectivity index (χ4n) is 1.76. The van der Waals surface area contributed by atoms with Crippen molar-refractivity contribution in [1.29, 1.82) is 5.26 Å². The van der Waals surface area contributed by atoms with Crippen LogP contribution < -0.4 is 0 Å². The van der Waals surface area contributed by atoms with Gasteiger partial charge in [0.2, 0.25) is 0 Å². The predicted molar refractivity (Wildman–Crippen MR) is 69.8 cm³/mol. The lowest BCUT2D eigenvalue weighted by Gasteiger charge is -2.10. The normalized spacial score (nSPS) is 10.5. The summed E-state index contributed by atoms with van der Waals surface area (Å²) in [5.41, 5.74) is 2.78. The number of hydrogen-bond acceptors (Lipinski definition) is 2. The van der Waals surface area contributed by atoms with Gasteiger partial charge < -0.3 is 4.98 Å². The minimum Gasteiger partial charge on any atom is -0.337 e. The second-order valence-electron chi connectivity index (χ2n) is 4.17. The van der Waals surface area contributed by atoms with Gasteiger partial charge in [0, 0.05) is 17.6 Å². The molecule has 1 aromatic heterocycles. The maximum atomic E-state index is 8.77. The number of hydrogen-bond donors (Lipinski definition) is 1. The van der Waals surface area contributed by atoms with E-state index in [0.717, 1.165) is 11.4 Å². The fraction of sp³-hybridized carbons (Fsp3) is 0.231. The van der Waals surface area contributed by atoms with Crippen LogP contribution in [0.5, 0.6) is 0 Å². The minimum atomic E-state index is 0.388. The first kappa shape index (κ1) is 11.6. The van der Waals surface area contributed by atoms with Crippen LogP contribution in [0, 0.1) is 16.1 Å². The van der Waals surface area contributed by atoms with Gasteiger partial charge in [0.25, 0.3) is 0 Å². The van der Waals surface area contributed by atoms with Crippen molar-refractivity contribution in [2.24, 2.45) is 0 Å². The maximum Gasteiger partial charge on any atom is 0.182 e. The lowest BCUT2D eigenvalue weighted by atomic mass is 10.1. The molecular weight excluding hydrogens is 230 g/mol. The van der Waals surface area contributed by atoms with Gasteiger partial charge in [-0.1, -0.05) is 13.8 Å². The smallest absolute Gasteiger partial charge is 0.182 e. The quantitative estimate of drug-likeness (QED) is 0.820. The summed E-state index contributed by atoms with van der Waals surface area (Å²) in [6.07, 6.45) is 1.94. The molecule has 0 radical (unpaired) electrons. The SMILES string of the molecule is CC(C)c1c[nH]c(=S)n1-c1ccc(C#N)cc1. The summed E-state index contributed by atoms with van der Waals surface area (Å²) in [5, 5.41) is 8.77. The lowest BCUT2D eigenvalue weighted by molar-refractivity contribution is 0.783. The van der Waals surface area contributed by atoms with E-state index in [-0.39, 0.29) is 0 Å². The van der Waals surface area contributed by atoms with Crippen molar-refractivity contribution in [2.45, 2.75) is 19.8 Å². The van der Waals surface area contributed by atoms with E-state index >= 15 is 0 Å². The molecule has 2 aromatic rings. The number of imidazole rings is 1. The van der Waals surface area contributed by atoms with E-state index < -0.39 is 0 Å². The van der Waals surface area contributed by atoms with E-state index in [1.807, 2.05) is 22.9 Å². The summed E-state index contributed by atoms with van der Waals surface area (Å²) in [6.45, 7) is 4.25. The zero-order valence-corrected chi connectivity index (χ0v) is 10.6. The Balaban J connectivity index is 2.56. The third kappa shape index (κ3) is 2.15. The van der Waals surface area contributed by atoms with E-state index in [9.17, 15) is 0 Å². The molecular formula is C13H13N3S. The van der Waals surface area contributed by atoms with E-state index in [1.165, 1.54) is 0 Å². The molecule has 0 fully saturated rings. The van der Waals surface area contributed by atoms with Crippen LogP contribution in [0.4, 0.5) is 0 Å². The van der Waals surface area contributed by atoms with Gasteiger partial charge in [-0.05, 0) is 42.4 Å². The van der Waals surface area contributed by atoms with Crippen molar-refractivity contribution in [2.75, 3.05) is 0 Å². The van der Waals surface area contributed by atoms with Crippen molar-refractivity contribution in [3.8, 4) is 11.8 Å². The molecule has 0 spiro atoms. The number of rotatable bonds is 2. The predicted octanol–water partition coefficient (Wildman–Crippen LogP) is 3.53. The third-order valence-electron chi connectivity index (χ3n) is 2.65. The standard InChI is InChI=1S/C13H13N3S/c1-9(2)12-8-15-13(17)16(12)11-5-3-10(7-14)4-6-11/h3-6,8-9H,1-2H3,(H,15,17). The molecule has 1 heterocycles. The van der Waals surface area contributed by atoms with Crippen LogP contribution >= 0.6 is 12.2 Å². The van der Waals surface area contributed by atoms with Crippen LogP contribution in [0.15, 0.2) is 30.5 Å². The van der Waals surface area contributed by atoms with E-state index in [2.05, 4.69) is 24.9 Å². The first-order chi connectivity index (χ1) is 8.13. The zero-order valence-electron chi connectivity index (χ0n) is 9.77. The van der Waals surface area contributed by atoms with E-state index in [0.29, 0.717) is 16.3 Å². The van der Waals surface area contributed by atoms with Crippen LogP contribution in [-0.4, -0.2) is 9.55 Å². The summed E-state index contributed by atoms with van der Waals surface area (Å²) in [6, 6.07) is 9.53. The van der Waals surface area contributed by atoms with Gasteiger partial charge in [0.1, 0.15) is 0 Å². The molecule has 3 nitrogen and oxygen atoms in total. The summed E-state index contributed by atoms with van der Waals surface area (Å²) >= 11 is 5.28. The molecule has 0 saturated heterocycles. The first-order valence-electron chi connectivity index (χ1n) is 5.44. The molecule has 0 amide bonds. The molecule has 4 heteroatoms. The van der Waals surface area contributed by atoms with Gasteiger partial charge in [0.05, 0.1) is 11.6 Å². The van der Waals surface area contributed by atoms with E-state index in [1.54, 1.807) is 12.1 Å².